The van der Waals surface area contributed by atoms with E-state index >= 15 is 0 Å². The third-order valence-corrected chi connectivity index (χ3v) is 3.42. The molecule has 1 N–H and O–H groups in total. The molecule has 0 bridgehead atoms. The molecule has 1 heterocycles. The molecule has 1 aliphatic heterocycles. The van der Waals surface area contributed by atoms with Gasteiger partial charge in [-0.15, -0.1) is 0 Å². The van der Waals surface area contributed by atoms with Crippen molar-refractivity contribution in [2.45, 2.75) is 25.9 Å². The third kappa shape index (κ3) is 3.37. The van der Waals surface area contributed by atoms with Gasteiger partial charge in [-0.05, 0) is 36.7 Å². The average Bonchev–Trinajstić information content (AvgIpc) is 2.71. The lowest BCUT2D eigenvalue weighted by atomic mass is 10.1. The molecule has 0 saturated heterocycles. The van der Waals surface area contributed by atoms with E-state index in [2.05, 4.69) is 11.8 Å². The summed E-state index contributed by atoms with van der Waals surface area (Å²) in [5, 5.41) is 9.81. The number of aliphatic hydroxyl groups is 1. The summed E-state index contributed by atoms with van der Waals surface area (Å²) in [5.41, 5.74) is 1.19. The van der Waals surface area contributed by atoms with E-state index in [-0.39, 0.29) is 12.7 Å². The molecule has 0 radical (unpaired) electrons. The fraction of sp³-hybridized carbons (Fsp3) is 0.571. The van der Waals surface area contributed by atoms with Gasteiger partial charge in [0, 0.05) is 24.5 Å². The van der Waals surface area contributed by atoms with Crippen molar-refractivity contribution in [2.24, 2.45) is 0 Å². The molecule has 1 aromatic carbocycles. The first-order valence-corrected chi connectivity index (χ1v) is 6.89. The van der Waals surface area contributed by atoms with Gasteiger partial charge in [0.1, 0.15) is 11.9 Å². The predicted octanol–water partition coefficient (Wildman–Crippen LogP) is 2.35. The van der Waals surface area contributed by atoms with Crippen LogP contribution in [-0.4, -0.2) is 42.4 Å². The van der Waals surface area contributed by atoms with E-state index in [9.17, 15) is 0 Å². The lowest BCUT2D eigenvalue weighted by molar-refractivity contribution is 0.129. The molecule has 4 heteroatoms. The maximum atomic E-state index is 9.05. The van der Waals surface area contributed by atoms with Crippen LogP contribution in [0.25, 0.3) is 0 Å². The van der Waals surface area contributed by atoms with Crippen molar-refractivity contribution in [2.75, 3.05) is 26.2 Å². The van der Waals surface area contributed by atoms with Crippen molar-refractivity contribution in [3.63, 3.8) is 0 Å². The molecular formula is C14H20ClNO2. The van der Waals surface area contributed by atoms with E-state index in [0.717, 1.165) is 36.7 Å². The quantitative estimate of drug-likeness (QED) is 0.861. The number of ether oxygens (including phenoxy) is 1. The molecule has 0 spiro atoms. The number of rotatable bonds is 6. The fourth-order valence-electron chi connectivity index (χ4n) is 2.43. The van der Waals surface area contributed by atoms with Crippen molar-refractivity contribution in [3.8, 4) is 5.75 Å². The van der Waals surface area contributed by atoms with Gasteiger partial charge < -0.3 is 9.84 Å². The Bertz CT molecular complexity index is 391. The van der Waals surface area contributed by atoms with E-state index in [1.165, 1.54) is 5.56 Å². The Morgan fingerprint density at radius 2 is 2.28 bits per heavy atom. The Morgan fingerprint density at radius 3 is 3.00 bits per heavy atom. The summed E-state index contributed by atoms with van der Waals surface area (Å²) in [6.07, 6.45) is 2.17. The van der Waals surface area contributed by atoms with E-state index in [1.54, 1.807) is 0 Å². The number of hydrogen-bond acceptors (Lipinski definition) is 3. The van der Waals surface area contributed by atoms with Gasteiger partial charge in [-0.3, -0.25) is 4.90 Å². The summed E-state index contributed by atoms with van der Waals surface area (Å²) < 4.78 is 5.90. The average molecular weight is 270 g/mol. The van der Waals surface area contributed by atoms with Crippen molar-refractivity contribution in [1.29, 1.82) is 0 Å². The molecule has 1 aliphatic rings. The first-order chi connectivity index (χ1) is 8.72. The molecule has 0 aliphatic carbocycles. The smallest absolute Gasteiger partial charge is 0.123 e. The maximum Gasteiger partial charge on any atom is 0.123 e. The van der Waals surface area contributed by atoms with Gasteiger partial charge >= 0.3 is 0 Å². The van der Waals surface area contributed by atoms with Crippen LogP contribution in [0.3, 0.4) is 0 Å². The molecule has 1 unspecified atom stereocenters. The molecule has 18 heavy (non-hydrogen) atoms. The summed E-state index contributed by atoms with van der Waals surface area (Å²) in [7, 11) is 0. The molecule has 0 fully saturated rings. The lowest BCUT2D eigenvalue weighted by Gasteiger charge is -2.23. The molecular weight excluding hydrogens is 250 g/mol. The summed E-state index contributed by atoms with van der Waals surface area (Å²) >= 11 is 5.98. The highest BCUT2D eigenvalue weighted by molar-refractivity contribution is 6.30. The summed E-state index contributed by atoms with van der Waals surface area (Å²) in [6, 6.07) is 5.78. The molecule has 100 valence electrons. The van der Waals surface area contributed by atoms with Crippen LogP contribution in [0.1, 0.15) is 18.9 Å². The van der Waals surface area contributed by atoms with Crippen LogP contribution in [0.2, 0.25) is 5.02 Å². The minimum atomic E-state index is 0.177. The fourth-order valence-corrected chi connectivity index (χ4v) is 2.63. The zero-order valence-corrected chi connectivity index (χ0v) is 11.5. The molecule has 2 rings (SSSR count). The molecule has 0 amide bonds. The Labute approximate surface area is 113 Å². The van der Waals surface area contributed by atoms with Crippen LogP contribution in [0.5, 0.6) is 5.75 Å². The van der Waals surface area contributed by atoms with Crippen LogP contribution in [-0.2, 0) is 6.42 Å². The van der Waals surface area contributed by atoms with Crippen LogP contribution in [0, 0.1) is 0 Å². The number of aliphatic hydroxyl groups excluding tert-OH is 1. The van der Waals surface area contributed by atoms with E-state index in [0.29, 0.717) is 6.54 Å². The van der Waals surface area contributed by atoms with Gasteiger partial charge in [0.05, 0.1) is 6.61 Å². The summed E-state index contributed by atoms with van der Waals surface area (Å²) in [5.74, 6) is 0.949. The monoisotopic (exact) mass is 269 g/mol. The second kappa shape index (κ2) is 6.41. The van der Waals surface area contributed by atoms with Crippen molar-refractivity contribution < 1.29 is 9.84 Å². The minimum absolute atomic E-state index is 0.177. The van der Waals surface area contributed by atoms with Gasteiger partial charge in [-0.25, -0.2) is 0 Å². The summed E-state index contributed by atoms with van der Waals surface area (Å²) in [6.45, 7) is 4.92. The van der Waals surface area contributed by atoms with Gasteiger partial charge in [0.25, 0.3) is 0 Å². The maximum absolute atomic E-state index is 9.05. The molecule has 0 aromatic heterocycles. The summed E-state index contributed by atoms with van der Waals surface area (Å²) in [4.78, 5) is 2.25. The molecule has 1 atom stereocenters. The predicted molar refractivity (Wildman–Crippen MR) is 73.4 cm³/mol. The van der Waals surface area contributed by atoms with Gasteiger partial charge in [0.2, 0.25) is 0 Å². The van der Waals surface area contributed by atoms with Gasteiger partial charge in [-0.1, -0.05) is 18.5 Å². The highest BCUT2D eigenvalue weighted by atomic mass is 35.5. The number of fused-ring (bicyclic) bond motifs is 1. The number of hydrogen-bond donors (Lipinski definition) is 1. The zero-order chi connectivity index (χ0) is 13.0. The Morgan fingerprint density at radius 1 is 1.44 bits per heavy atom. The normalized spacial score (nSPS) is 17.9. The third-order valence-electron chi connectivity index (χ3n) is 3.18. The van der Waals surface area contributed by atoms with Gasteiger partial charge in [0.15, 0.2) is 0 Å². The highest BCUT2D eigenvalue weighted by Gasteiger charge is 2.24. The van der Waals surface area contributed by atoms with Crippen molar-refractivity contribution in [3.05, 3.63) is 28.8 Å². The van der Waals surface area contributed by atoms with E-state index in [1.807, 2.05) is 18.2 Å². The van der Waals surface area contributed by atoms with E-state index < -0.39 is 0 Å². The largest absolute Gasteiger partial charge is 0.488 e. The Hall–Kier alpha value is -0.770. The second-order valence-electron chi connectivity index (χ2n) is 4.72. The SMILES string of the molecule is CCCN(CCO)CC1Cc2cc(Cl)ccc2O1. The second-order valence-corrected chi connectivity index (χ2v) is 5.16. The van der Waals surface area contributed by atoms with Crippen LogP contribution in [0.15, 0.2) is 18.2 Å². The number of halogens is 1. The number of nitrogens with zero attached hydrogens (tertiary/aromatic N) is 1. The lowest BCUT2D eigenvalue weighted by Crippen LogP contribution is -2.37. The van der Waals surface area contributed by atoms with Crippen LogP contribution in [0.4, 0.5) is 0 Å². The first kappa shape index (κ1) is 13.7. The Balaban J connectivity index is 1.93. The van der Waals surface area contributed by atoms with Crippen LogP contribution < -0.4 is 4.74 Å². The number of benzene rings is 1. The topological polar surface area (TPSA) is 32.7 Å². The molecule has 0 saturated carbocycles. The first-order valence-electron chi connectivity index (χ1n) is 6.51. The Kier molecular flexibility index (Phi) is 4.87. The zero-order valence-electron chi connectivity index (χ0n) is 10.7. The standard InChI is InChI=1S/C14H20ClNO2/c1-2-5-16(6-7-17)10-13-9-11-8-12(15)3-4-14(11)18-13/h3-4,8,13,17H,2,5-7,9-10H2,1H3. The minimum Gasteiger partial charge on any atom is -0.488 e. The van der Waals surface area contributed by atoms with Crippen LogP contribution >= 0.6 is 11.6 Å². The molecule has 3 nitrogen and oxygen atoms in total. The van der Waals surface area contributed by atoms with Crippen molar-refractivity contribution >= 4 is 11.6 Å². The van der Waals surface area contributed by atoms with Gasteiger partial charge in [-0.2, -0.15) is 0 Å². The highest BCUT2D eigenvalue weighted by Crippen LogP contribution is 2.31. The molecule has 1 aromatic rings. The van der Waals surface area contributed by atoms with E-state index in [4.69, 9.17) is 21.4 Å². The van der Waals surface area contributed by atoms with Crippen molar-refractivity contribution in [1.82, 2.24) is 4.90 Å².